The van der Waals surface area contributed by atoms with E-state index < -0.39 is 16.4 Å². The maximum atomic E-state index is 8.86. The number of hydrogen-bond acceptors (Lipinski definition) is 2. The van der Waals surface area contributed by atoms with Gasteiger partial charge in [-0.3, -0.25) is 0 Å². The van der Waals surface area contributed by atoms with Crippen molar-refractivity contribution in [3.05, 3.63) is 54.6 Å². The van der Waals surface area contributed by atoms with Gasteiger partial charge in [-0.25, -0.2) is 0 Å². The normalized spacial score (nSPS) is 10.7. The van der Waals surface area contributed by atoms with E-state index >= 15 is 0 Å². The molecule has 2 rings (SSSR count). The summed E-state index contributed by atoms with van der Waals surface area (Å²) >= 11 is -1.05. The summed E-state index contributed by atoms with van der Waals surface area (Å²) in [5.41, 5.74) is 2.12. The Hall–Kier alpha value is -1.24. The van der Waals surface area contributed by atoms with Crippen LogP contribution in [0.4, 0.5) is 0 Å². The second kappa shape index (κ2) is 5.01. The molecule has 3 heteroatoms. The molecule has 1 N–H and O–H groups in total. The molecule has 75 valence electrons. The molecule has 0 spiro atoms. The molecule has 0 aromatic heterocycles. The first-order chi connectivity index (χ1) is 7.42. The predicted molar refractivity (Wildman–Crippen MR) is 60.5 cm³/mol. The Kier molecular flexibility index (Phi) is 3.44. The molecule has 2 nitrogen and oxygen atoms in total. The first-order valence-corrected chi connectivity index (χ1v) is 6.18. The van der Waals surface area contributed by atoms with E-state index in [1.54, 1.807) is 0 Å². The summed E-state index contributed by atoms with van der Waals surface area (Å²) in [6.45, 7) is 0. The molecule has 0 bridgehead atoms. The molecule has 1 radical (unpaired) electrons. The van der Waals surface area contributed by atoms with Gasteiger partial charge in [-0.15, -0.1) is 0 Å². The standard InChI is InChI=1S/C12H10AsO2/c14-13-15-12-9-5-4-8-11(12)10-6-2-1-3-7-10/h1-9,14H. The summed E-state index contributed by atoms with van der Waals surface area (Å²) in [5, 5.41) is 0. The molecule has 0 atom stereocenters. The molecule has 0 aliphatic carbocycles. The van der Waals surface area contributed by atoms with Crippen LogP contribution in [-0.4, -0.2) is 20.5 Å². The summed E-state index contributed by atoms with van der Waals surface area (Å²) in [5.74, 6) is 0.742. The molecule has 15 heavy (non-hydrogen) atoms. The Balaban J connectivity index is 2.43. The van der Waals surface area contributed by atoms with Crippen molar-refractivity contribution in [1.29, 1.82) is 0 Å². The summed E-state index contributed by atoms with van der Waals surface area (Å²) in [4.78, 5) is 0. The Morgan fingerprint density at radius 1 is 0.867 bits per heavy atom. The molecule has 2 aromatic rings. The van der Waals surface area contributed by atoms with Crippen LogP contribution in [0, 0.1) is 0 Å². The molecule has 0 unspecified atom stereocenters. The molecule has 0 saturated carbocycles. The van der Waals surface area contributed by atoms with Gasteiger partial charge >= 0.3 is 95.7 Å². The molecule has 0 heterocycles. The van der Waals surface area contributed by atoms with E-state index in [1.807, 2.05) is 54.6 Å². The van der Waals surface area contributed by atoms with Crippen LogP contribution in [0.1, 0.15) is 0 Å². The third kappa shape index (κ3) is 2.41. The number of hydrogen-bond donors (Lipinski definition) is 1. The van der Waals surface area contributed by atoms with Gasteiger partial charge in [-0.05, 0) is 0 Å². The zero-order valence-corrected chi connectivity index (χ0v) is 9.88. The van der Waals surface area contributed by atoms with Crippen molar-refractivity contribution >= 4 is 16.4 Å². The van der Waals surface area contributed by atoms with E-state index in [-0.39, 0.29) is 0 Å². The minimum absolute atomic E-state index is 0.742. The van der Waals surface area contributed by atoms with Gasteiger partial charge in [0.15, 0.2) is 0 Å². The maximum absolute atomic E-state index is 8.86. The third-order valence-electron chi connectivity index (χ3n) is 2.11. The van der Waals surface area contributed by atoms with Gasteiger partial charge in [0.2, 0.25) is 0 Å². The van der Waals surface area contributed by atoms with Gasteiger partial charge < -0.3 is 0 Å². The Morgan fingerprint density at radius 2 is 1.53 bits per heavy atom. The first-order valence-electron chi connectivity index (χ1n) is 4.57. The van der Waals surface area contributed by atoms with Crippen molar-refractivity contribution in [1.82, 2.24) is 0 Å². The monoisotopic (exact) mass is 261 g/mol. The molecule has 2 aromatic carbocycles. The van der Waals surface area contributed by atoms with Crippen LogP contribution < -0.4 is 3.73 Å². The Labute approximate surface area is 95.9 Å². The summed E-state index contributed by atoms with van der Waals surface area (Å²) in [7, 11) is 0. The number of benzene rings is 2. The fourth-order valence-electron chi connectivity index (χ4n) is 1.45. The fourth-order valence-corrected chi connectivity index (χ4v) is 1.97. The van der Waals surface area contributed by atoms with Gasteiger partial charge in [0.1, 0.15) is 0 Å². The van der Waals surface area contributed by atoms with E-state index in [4.69, 9.17) is 7.82 Å². The average Bonchev–Trinajstić information content (AvgIpc) is 2.31. The van der Waals surface area contributed by atoms with E-state index in [0.717, 1.165) is 16.9 Å². The summed E-state index contributed by atoms with van der Waals surface area (Å²) < 4.78 is 14.1. The molecular weight excluding hydrogens is 251 g/mol. The average molecular weight is 261 g/mol. The van der Waals surface area contributed by atoms with E-state index in [0.29, 0.717) is 0 Å². The Bertz CT molecular complexity index is 429. The van der Waals surface area contributed by atoms with Crippen molar-refractivity contribution in [2.24, 2.45) is 0 Å². The zero-order chi connectivity index (χ0) is 10.5. The van der Waals surface area contributed by atoms with Gasteiger partial charge in [0.05, 0.1) is 0 Å². The second-order valence-corrected chi connectivity index (χ2v) is 3.76. The minimum atomic E-state index is -1.05. The van der Waals surface area contributed by atoms with Gasteiger partial charge in [0, 0.05) is 0 Å². The van der Waals surface area contributed by atoms with Crippen molar-refractivity contribution in [3.63, 3.8) is 0 Å². The molecule has 0 fully saturated rings. The zero-order valence-electron chi connectivity index (χ0n) is 8.00. The molecule has 0 amide bonds. The molecule has 0 aliphatic heterocycles. The van der Waals surface area contributed by atoms with Crippen LogP contribution in [-0.2, 0) is 0 Å². The Morgan fingerprint density at radius 3 is 2.27 bits per heavy atom. The van der Waals surface area contributed by atoms with E-state index in [2.05, 4.69) is 0 Å². The van der Waals surface area contributed by atoms with E-state index in [9.17, 15) is 0 Å². The van der Waals surface area contributed by atoms with Crippen molar-refractivity contribution in [3.8, 4) is 16.9 Å². The van der Waals surface area contributed by atoms with Gasteiger partial charge in [0.25, 0.3) is 0 Å². The van der Waals surface area contributed by atoms with Crippen LogP contribution in [0.25, 0.3) is 11.1 Å². The molecule has 0 saturated heterocycles. The number of rotatable bonds is 3. The first kappa shape index (κ1) is 10.3. The third-order valence-corrected chi connectivity index (χ3v) is 2.70. The molecule has 0 aliphatic rings. The quantitative estimate of drug-likeness (QED) is 0.859. The fraction of sp³-hybridized carbons (Fsp3) is 0. The second-order valence-electron chi connectivity index (χ2n) is 3.04. The van der Waals surface area contributed by atoms with Crippen LogP contribution in [0.3, 0.4) is 0 Å². The number of para-hydroxylation sites is 1. The molecular formula is C12H10AsO2. The van der Waals surface area contributed by atoms with Gasteiger partial charge in [-0.1, -0.05) is 0 Å². The predicted octanol–water partition coefficient (Wildman–Crippen LogP) is 2.26. The van der Waals surface area contributed by atoms with E-state index in [1.165, 1.54) is 0 Å². The topological polar surface area (TPSA) is 29.5 Å². The van der Waals surface area contributed by atoms with Crippen molar-refractivity contribution in [2.45, 2.75) is 0 Å². The van der Waals surface area contributed by atoms with Crippen molar-refractivity contribution < 1.29 is 7.82 Å². The summed E-state index contributed by atoms with van der Waals surface area (Å²) in [6, 6.07) is 17.7. The van der Waals surface area contributed by atoms with Crippen molar-refractivity contribution in [2.75, 3.05) is 0 Å². The van der Waals surface area contributed by atoms with Crippen LogP contribution in [0.5, 0.6) is 5.75 Å². The van der Waals surface area contributed by atoms with Crippen LogP contribution >= 0.6 is 0 Å². The van der Waals surface area contributed by atoms with Crippen LogP contribution in [0.15, 0.2) is 54.6 Å². The van der Waals surface area contributed by atoms with Gasteiger partial charge in [-0.2, -0.15) is 0 Å². The summed E-state index contributed by atoms with van der Waals surface area (Å²) in [6.07, 6.45) is 0. The SMILES string of the molecule is O[As]Oc1ccccc1-c1ccccc1. The van der Waals surface area contributed by atoms with Crippen LogP contribution in [0.2, 0.25) is 0 Å².